The molecular weight excluding hydrogens is 556 g/mol. The first kappa shape index (κ1) is 31.8. The zero-order valence-corrected chi connectivity index (χ0v) is 25.1. The van der Waals surface area contributed by atoms with Crippen LogP contribution in [0.15, 0.2) is 42.5 Å². The van der Waals surface area contributed by atoms with E-state index in [1.165, 1.54) is 12.1 Å². The fourth-order valence-corrected chi connectivity index (χ4v) is 5.07. The molecule has 40 heavy (non-hydrogen) atoms. The quantitative estimate of drug-likeness (QED) is 0.394. The molecule has 1 fully saturated rings. The van der Waals surface area contributed by atoms with Crippen LogP contribution in [-0.2, 0) is 27.2 Å². The van der Waals surface area contributed by atoms with Crippen LogP contribution in [0.25, 0.3) is 0 Å². The molecule has 3 atom stereocenters. The predicted octanol–water partition coefficient (Wildman–Crippen LogP) is 3.05. The van der Waals surface area contributed by atoms with Gasteiger partial charge in [0.25, 0.3) is 0 Å². The number of nitrogens with one attached hydrogen (secondary N) is 3. The Labute approximate surface area is 245 Å². The van der Waals surface area contributed by atoms with E-state index in [2.05, 4.69) is 20.9 Å². The maximum atomic E-state index is 13.8. The molecule has 1 aliphatic rings. The van der Waals surface area contributed by atoms with Crippen LogP contribution in [0.5, 0.6) is 0 Å². The second-order valence-corrected chi connectivity index (χ2v) is 11.5. The van der Waals surface area contributed by atoms with Gasteiger partial charge in [-0.05, 0) is 69.6 Å². The number of hydrogen-bond donors (Lipinski definition) is 3. The number of rotatable bonds is 10. The number of hydrogen-bond acceptors (Lipinski definition) is 5. The third kappa shape index (κ3) is 7.94. The average Bonchev–Trinajstić information content (AvgIpc) is 2.93. The van der Waals surface area contributed by atoms with Crippen molar-refractivity contribution in [1.29, 1.82) is 0 Å². The van der Waals surface area contributed by atoms with Crippen molar-refractivity contribution in [2.24, 2.45) is 0 Å². The average molecular weight is 595 g/mol. The molecule has 0 spiro atoms. The van der Waals surface area contributed by atoms with Crippen molar-refractivity contribution in [3.63, 3.8) is 0 Å². The summed E-state index contributed by atoms with van der Waals surface area (Å²) in [7, 11) is 3.28. The van der Waals surface area contributed by atoms with Crippen LogP contribution in [0.1, 0.15) is 31.9 Å². The van der Waals surface area contributed by atoms with Crippen molar-refractivity contribution in [2.45, 2.75) is 57.3 Å². The Balaban J connectivity index is 1.78. The highest BCUT2D eigenvalue weighted by Gasteiger charge is 2.38. The van der Waals surface area contributed by atoms with Crippen LogP contribution < -0.4 is 16.0 Å². The van der Waals surface area contributed by atoms with Crippen LogP contribution in [0, 0.1) is 5.82 Å². The highest BCUT2D eigenvalue weighted by molar-refractivity contribution is 6.42. The van der Waals surface area contributed by atoms with Crippen molar-refractivity contribution in [3.8, 4) is 0 Å². The summed E-state index contributed by atoms with van der Waals surface area (Å²) >= 11 is 12.3. The first-order chi connectivity index (χ1) is 18.9. The standard InChI is InChI=1S/C29H38Cl2FN5O3/c1-18-17-36(25(26(38)33-4)16-20-8-11-22(30)23(31)14-20)12-13-37(18)27(39)24(35-28(40)29(2,3)34-5)15-19-6-9-21(32)10-7-19/h6-11,14,18,24-25,34H,12-13,15-17H2,1-5H3,(H,33,38)(H,35,40). The Kier molecular flexibility index (Phi) is 10.9. The lowest BCUT2D eigenvalue weighted by Gasteiger charge is -2.44. The summed E-state index contributed by atoms with van der Waals surface area (Å²) in [5, 5.41) is 9.48. The Hall–Kier alpha value is -2.72. The summed E-state index contributed by atoms with van der Waals surface area (Å²) in [6, 6.07) is 9.69. The molecule has 3 rings (SSSR count). The van der Waals surface area contributed by atoms with E-state index in [0.717, 1.165) is 11.1 Å². The number of amides is 3. The molecule has 1 aliphatic heterocycles. The minimum absolute atomic E-state index is 0.131. The second kappa shape index (κ2) is 13.8. The van der Waals surface area contributed by atoms with E-state index in [9.17, 15) is 18.8 Å². The van der Waals surface area contributed by atoms with Gasteiger partial charge in [0.1, 0.15) is 11.9 Å². The molecule has 0 aliphatic carbocycles. The molecular formula is C29H38Cl2FN5O3. The number of halogens is 3. The van der Waals surface area contributed by atoms with Gasteiger partial charge in [0.15, 0.2) is 0 Å². The number of nitrogens with zero attached hydrogens (tertiary/aromatic N) is 2. The fraction of sp³-hybridized carbons (Fsp3) is 0.483. The van der Waals surface area contributed by atoms with E-state index >= 15 is 0 Å². The Morgan fingerprint density at radius 3 is 2.23 bits per heavy atom. The molecule has 8 nitrogen and oxygen atoms in total. The van der Waals surface area contributed by atoms with Gasteiger partial charge >= 0.3 is 0 Å². The number of carbonyl (C=O) groups excluding carboxylic acids is 3. The van der Waals surface area contributed by atoms with E-state index in [1.807, 2.05) is 13.0 Å². The van der Waals surface area contributed by atoms with Crippen LogP contribution in [0.2, 0.25) is 10.0 Å². The van der Waals surface area contributed by atoms with Crippen molar-refractivity contribution >= 4 is 40.9 Å². The Morgan fingerprint density at radius 1 is 1.00 bits per heavy atom. The van der Waals surface area contributed by atoms with E-state index < -0.39 is 17.6 Å². The van der Waals surface area contributed by atoms with Crippen LogP contribution in [-0.4, -0.2) is 84.9 Å². The van der Waals surface area contributed by atoms with Crippen molar-refractivity contribution < 1.29 is 18.8 Å². The summed E-state index contributed by atoms with van der Waals surface area (Å²) < 4.78 is 13.5. The minimum Gasteiger partial charge on any atom is -0.358 e. The van der Waals surface area contributed by atoms with Gasteiger partial charge in [-0.2, -0.15) is 0 Å². The first-order valence-electron chi connectivity index (χ1n) is 13.3. The maximum absolute atomic E-state index is 13.8. The summed E-state index contributed by atoms with van der Waals surface area (Å²) in [5.41, 5.74) is 0.718. The third-order valence-electron chi connectivity index (χ3n) is 7.49. The molecule has 3 N–H and O–H groups in total. The van der Waals surface area contributed by atoms with Gasteiger partial charge in [-0.25, -0.2) is 4.39 Å². The smallest absolute Gasteiger partial charge is 0.245 e. The maximum Gasteiger partial charge on any atom is 0.245 e. The van der Waals surface area contributed by atoms with E-state index in [1.54, 1.807) is 57.1 Å². The SMILES string of the molecule is CNC(=O)C(Cc1ccc(Cl)c(Cl)c1)N1CCN(C(=O)C(Cc2ccc(F)cc2)NC(=O)C(C)(C)NC)C(C)C1. The van der Waals surface area contributed by atoms with Gasteiger partial charge in [0, 0.05) is 39.1 Å². The largest absolute Gasteiger partial charge is 0.358 e. The highest BCUT2D eigenvalue weighted by Crippen LogP contribution is 2.25. The lowest BCUT2D eigenvalue weighted by molar-refractivity contribution is -0.142. The molecule has 0 bridgehead atoms. The van der Waals surface area contributed by atoms with Crippen molar-refractivity contribution in [1.82, 2.24) is 25.8 Å². The molecule has 2 aromatic carbocycles. The number of piperazine rings is 1. The molecule has 1 heterocycles. The molecule has 0 saturated carbocycles. The van der Waals surface area contributed by atoms with Gasteiger partial charge in [-0.1, -0.05) is 41.4 Å². The molecule has 3 unspecified atom stereocenters. The summed E-state index contributed by atoms with van der Waals surface area (Å²) in [6.07, 6.45) is 0.648. The molecule has 11 heteroatoms. The van der Waals surface area contributed by atoms with E-state index in [0.29, 0.717) is 36.1 Å². The van der Waals surface area contributed by atoms with Gasteiger partial charge in [-0.3, -0.25) is 19.3 Å². The van der Waals surface area contributed by atoms with Gasteiger partial charge in [0.05, 0.1) is 21.6 Å². The molecule has 0 radical (unpaired) electrons. The Bertz CT molecular complexity index is 1210. The minimum atomic E-state index is -0.892. The highest BCUT2D eigenvalue weighted by atomic mass is 35.5. The topological polar surface area (TPSA) is 93.8 Å². The third-order valence-corrected chi connectivity index (χ3v) is 8.23. The zero-order valence-electron chi connectivity index (χ0n) is 23.6. The predicted molar refractivity (Wildman–Crippen MR) is 156 cm³/mol. The van der Waals surface area contributed by atoms with E-state index in [-0.39, 0.29) is 36.0 Å². The van der Waals surface area contributed by atoms with Crippen LogP contribution >= 0.6 is 23.2 Å². The van der Waals surface area contributed by atoms with Gasteiger partial charge in [0.2, 0.25) is 17.7 Å². The summed E-state index contributed by atoms with van der Waals surface area (Å²) in [4.78, 5) is 43.6. The van der Waals surface area contributed by atoms with Crippen molar-refractivity contribution in [3.05, 3.63) is 69.5 Å². The fourth-order valence-electron chi connectivity index (χ4n) is 4.75. The molecule has 1 saturated heterocycles. The van der Waals surface area contributed by atoms with Gasteiger partial charge in [-0.15, -0.1) is 0 Å². The first-order valence-corrected chi connectivity index (χ1v) is 14.1. The van der Waals surface area contributed by atoms with E-state index in [4.69, 9.17) is 23.2 Å². The summed E-state index contributed by atoms with van der Waals surface area (Å²) in [5.74, 6) is -1.04. The zero-order chi connectivity index (χ0) is 29.6. The normalized spacial score (nSPS) is 17.7. The monoisotopic (exact) mass is 593 g/mol. The summed E-state index contributed by atoms with van der Waals surface area (Å²) in [6.45, 7) is 6.70. The van der Waals surface area contributed by atoms with Crippen LogP contribution in [0.3, 0.4) is 0 Å². The molecule has 0 aromatic heterocycles. The van der Waals surface area contributed by atoms with Crippen LogP contribution in [0.4, 0.5) is 4.39 Å². The molecule has 3 amide bonds. The number of benzene rings is 2. The molecule has 218 valence electrons. The lowest BCUT2D eigenvalue weighted by atomic mass is 9.99. The van der Waals surface area contributed by atoms with Crippen molar-refractivity contribution in [2.75, 3.05) is 33.7 Å². The Morgan fingerprint density at radius 2 is 1.65 bits per heavy atom. The second-order valence-electron chi connectivity index (χ2n) is 10.7. The van der Waals surface area contributed by atoms with Gasteiger partial charge < -0.3 is 20.9 Å². The molecule has 2 aromatic rings. The lowest BCUT2D eigenvalue weighted by Crippen LogP contribution is -2.63. The number of carbonyl (C=O) groups is 3. The number of likely N-dealkylation sites (N-methyl/N-ethyl adjacent to an activating group) is 2.